The van der Waals surface area contributed by atoms with E-state index in [-0.39, 0.29) is 25.7 Å². The van der Waals surface area contributed by atoms with Crippen molar-refractivity contribution in [3.8, 4) is 0 Å². The molecule has 0 saturated heterocycles. The lowest BCUT2D eigenvalue weighted by Gasteiger charge is -2.21. The molecule has 0 heterocycles. The maximum Gasteiger partial charge on any atom is 0.472 e. The summed E-state index contributed by atoms with van der Waals surface area (Å²) < 4.78 is 68.6. The number of unbranched alkanes of at least 4 members (excludes halogenated alkanes) is 48. The summed E-state index contributed by atoms with van der Waals surface area (Å²) in [7, 11) is -9.91. The molecule has 3 N–H and O–H groups in total. The van der Waals surface area contributed by atoms with Crippen molar-refractivity contribution in [3.05, 3.63) is 0 Å². The fraction of sp³-hybridized carbons (Fsp3) is 0.950. The first-order chi connectivity index (χ1) is 47.9. The maximum absolute atomic E-state index is 13.1. The molecule has 0 aliphatic heterocycles. The van der Waals surface area contributed by atoms with E-state index in [0.717, 1.165) is 102 Å². The molecule has 0 fully saturated rings. The summed E-state index contributed by atoms with van der Waals surface area (Å²) in [6.45, 7) is 9.65. The summed E-state index contributed by atoms with van der Waals surface area (Å²) in [4.78, 5) is 72.9. The second-order valence-corrected chi connectivity index (χ2v) is 32.4. The monoisotopic (exact) mass is 1450 g/mol. The topological polar surface area (TPSA) is 237 Å². The highest BCUT2D eigenvalue weighted by atomic mass is 31.2. The number of carbonyl (C=O) groups excluding carboxylic acids is 4. The molecule has 19 heteroatoms. The fourth-order valence-corrected chi connectivity index (χ4v) is 13.9. The summed E-state index contributed by atoms with van der Waals surface area (Å²) in [5, 5.41) is 10.6. The van der Waals surface area contributed by atoms with E-state index in [1.807, 2.05) is 0 Å². The molecule has 0 aliphatic rings. The molecule has 17 nitrogen and oxygen atoms in total. The molecule has 588 valence electrons. The highest BCUT2D eigenvalue weighted by Gasteiger charge is 2.30. The first kappa shape index (κ1) is 97.1. The molecule has 0 aromatic carbocycles. The van der Waals surface area contributed by atoms with E-state index < -0.39 is 97.5 Å². The van der Waals surface area contributed by atoms with Gasteiger partial charge >= 0.3 is 39.5 Å². The number of ether oxygens (including phenoxy) is 4. The Kier molecular flexibility index (Phi) is 70.3. The Balaban J connectivity index is 5.19. The fourth-order valence-electron chi connectivity index (χ4n) is 12.3. The first-order valence-electron chi connectivity index (χ1n) is 41.5. The second-order valence-electron chi connectivity index (χ2n) is 29.5. The number of hydrogen-bond donors (Lipinski definition) is 3. The molecule has 0 saturated carbocycles. The summed E-state index contributed by atoms with van der Waals surface area (Å²) >= 11 is 0. The Bertz CT molecular complexity index is 1910. The van der Waals surface area contributed by atoms with Crippen LogP contribution < -0.4 is 0 Å². The number of phosphoric ester groups is 2. The van der Waals surface area contributed by atoms with Gasteiger partial charge in [-0.15, -0.1) is 0 Å². The number of rotatable bonds is 79. The molecule has 3 unspecified atom stereocenters. The van der Waals surface area contributed by atoms with Gasteiger partial charge in [0, 0.05) is 25.7 Å². The van der Waals surface area contributed by atoms with E-state index in [9.17, 15) is 43.2 Å². The zero-order valence-electron chi connectivity index (χ0n) is 64.8. The van der Waals surface area contributed by atoms with Crippen LogP contribution in [-0.4, -0.2) is 96.7 Å². The minimum absolute atomic E-state index is 0.106. The van der Waals surface area contributed by atoms with Crippen molar-refractivity contribution < 1.29 is 80.2 Å². The SMILES string of the molecule is CCCCCCCCCCCCCCCCCCC(=O)OC[C@H](COP(=O)(O)OC[C@@H](O)COP(=O)(O)OC[C@@H](COC(=O)CCCCCCCCCCC)OC(=O)CCCCCCCCCCCC(C)C)OC(=O)CCCCCCCCCCCCCCCCCCCCC(C)CC. The molecule has 0 spiro atoms. The van der Waals surface area contributed by atoms with Crippen molar-refractivity contribution in [2.45, 2.75) is 439 Å². The highest BCUT2D eigenvalue weighted by Crippen LogP contribution is 2.45. The minimum atomic E-state index is -4.96. The van der Waals surface area contributed by atoms with Gasteiger partial charge in [0.25, 0.3) is 0 Å². The van der Waals surface area contributed by atoms with Gasteiger partial charge in [-0.3, -0.25) is 37.3 Å². The summed E-state index contributed by atoms with van der Waals surface area (Å²) in [5.41, 5.74) is 0. The average Bonchev–Trinajstić information content (AvgIpc) is 1.05. The molecule has 0 amide bonds. The zero-order chi connectivity index (χ0) is 72.8. The van der Waals surface area contributed by atoms with Crippen molar-refractivity contribution in [2.24, 2.45) is 11.8 Å². The number of esters is 4. The van der Waals surface area contributed by atoms with Crippen LogP contribution in [-0.2, 0) is 65.4 Å². The highest BCUT2D eigenvalue weighted by molar-refractivity contribution is 7.47. The number of hydrogen-bond acceptors (Lipinski definition) is 15. The van der Waals surface area contributed by atoms with Crippen LogP contribution in [0.3, 0.4) is 0 Å². The Morgan fingerprint density at radius 1 is 0.293 bits per heavy atom. The van der Waals surface area contributed by atoms with Crippen LogP contribution in [0.15, 0.2) is 0 Å². The lowest BCUT2D eigenvalue weighted by Crippen LogP contribution is -2.30. The molecule has 0 rings (SSSR count). The number of phosphoric acid groups is 2. The van der Waals surface area contributed by atoms with E-state index in [4.69, 9.17) is 37.0 Å². The third kappa shape index (κ3) is 72.8. The van der Waals surface area contributed by atoms with Crippen LogP contribution >= 0.6 is 15.6 Å². The van der Waals surface area contributed by atoms with Gasteiger partial charge in [-0.05, 0) is 37.5 Å². The van der Waals surface area contributed by atoms with Crippen LogP contribution in [0, 0.1) is 11.8 Å². The molecule has 99 heavy (non-hydrogen) atoms. The van der Waals surface area contributed by atoms with E-state index in [0.29, 0.717) is 25.7 Å². The van der Waals surface area contributed by atoms with Crippen LogP contribution in [0.25, 0.3) is 0 Å². The van der Waals surface area contributed by atoms with Gasteiger partial charge in [0.2, 0.25) is 0 Å². The van der Waals surface area contributed by atoms with Gasteiger partial charge in [-0.2, -0.15) is 0 Å². The Labute approximate surface area is 607 Å². The molecular formula is C80H156O17P2. The maximum atomic E-state index is 13.1. The van der Waals surface area contributed by atoms with Crippen LogP contribution in [0.4, 0.5) is 0 Å². The van der Waals surface area contributed by atoms with Gasteiger partial charge < -0.3 is 33.8 Å². The van der Waals surface area contributed by atoms with Gasteiger partial charge in [0.15, 0.2) is 12.2 Å². The number of carbonyl (C=O) groups is 4. The molecule has 6 atom stereocenters. The van der Waals surface area contributed by atoms with Crippen molar-refractivity contribution in [2.75, 3.05) is 39.6 Å². The van der Waals surface area contributed by atoms with Gasteiger partial charge in [0.05, 0.1) is 26.4 Å². The van der Waals surface area contributed by atoms with Crippen molar-refractivity contribution in [1.29, 1.82) is 0 Å². The third-order valence-corrected chi connectivity index (χ3v) is 21.0. The quantitative estimate of drug-likeness (QED) is 0.0222. The van der Waals surface area contributed by atoms with Gasteiger partial charge in [-0.1, -0.05) is 369 Å². The summed E-state index contributed by atoms with van der Waals surface area (Å²) in [5.74, 6) is -0.504. The van der Waals surface area contributed by atoms with Crippen LogP contribution in [0.1, 0.15) is 420 Å². The minimum Gasteiger partial charge on any atom is -0.462 e. The molecule has 0 aromatic rings. The van der Waals surface area contributed by atoms with E-state index in [1.165, 1.54) is 238 Å². The molecule has 0 aliphatic carbocycles. The lowest BCUT2D eigenvalue weighted by molar-refractivity contribution is -0.161. The normalized spacial score (nSPS) is 14.2. The molecular weight excluding hydrogens is 1290 g/mol. The third-order valence-electron chi connectivity index (χ3n) is 19.1. The van der Waals surface area contributed by atoms with E-state index in [2.05, 4.69) is 41.5 Å². The molecule has 0 radical (unpaired) electrons. The lowest BCUT2D eigenvalue weighted by atomic mass is 9.99. The Morgan fingerprint density at radius 3 is 0.768 bits per heavy atom. The first-order valence-corrected chi connectivity index (χ1v) is 44.5. The number of aliphatic hydroxyl groups is 1. The Morgan fingerprint density at radius 2 is 0.515 bits per heavy atom. The average molecular weight is 1450 g/mol. The molecule has 0 aromatic heterocycles. The Hall–Kier alpha value is -1.94. The predicted molar refractivity (Wildman–Crippen MR) is 405 cm³/mol. The number of aliphatic hydroxyl groups excluding tert-OH is 1. The summed E-state index contributed by atoms with van der Waals surface area (Å²) in [6.07, 6.45) is 61.1. The summed E-state index contributed by atoms with van der Waals surface area (Å²) in [6, 6.07) is 0. The van der Waals surface area contributed by atoms with Crippen molar-refractivity contribution in [3.63, 3.8) is 0 Å². The standard InChI is InChI=1S/C80H156O17P2/c1-7-10-12-14-16-18-19-20-21-27-30-33-39-45-51-57-63-78(83)91-69-76(96-79(84)64-58-52-46-40-34-31-28-25-23-22-24-26-29-32-38-43-49-55-61-73(6)9-3)71-95-99(88,89)93-67-74(81)66-92-98(86,87)94-70-75(68-90-77(82)62-56-50-44-36-17-15-13-11-8-2)97-80(85)65-59-53-47-41-35-37-42-48-54-60-72(4)5/h72-76,81H,7-71H2,1-6H3,(H,86,87)(H,88,89)/t73?,74-,75+,76+/m0/s1. The van der Waals surface area contributed by atoms with Crippen LogP contribution in [0.2, 0.25) is 0 Å². The van der Waals surface area contributed by atoms with Crippen molar-refractivity contribution >= 4 is 39.5 Å². The second kappa shape index (κ2) is 71.7. The van der Waals surface area contributed by atoms with Crippen molar-refractivity contribution in [1.82, 2.24) is 0 Å². The zero-order valence-corrected chi connectivity index (χ0v) is 66.6. The van der Waals surface area contributed by atoms with Gasteiger partial charge in [0.1, 0.15) is 19.3 Å². The van der Waals surface area contributed by atoms with Gasteiger partial charge in [-0.25, -0.2) is 9.13 Å². The van der Waals surface area contributed by atoms with E-state index in [1.54, 1.807) is 0 Å². The van der Waals surface area contributed by atoms with Crippen LogP contribution in [0.5, 0.6) is 0 Å². The largest absolute Gasteiger partial charge is 0.472 e. The molecule has 0 bridgehead atoms. The van der Waals surface area contributed by atoms with E-state index >= 15 is 0 Å². The smallest absolute Gasteiger partial charge is 0.462 e. The predicted octanol–water partition coefficient (Wildman–Crippen LogP) is 23.9.